The Morgan fingerprint density at radius 2 is 1.88 bits per heavy atom. The van der Waals surface area contributed by atoms with E-state index >= 15 is 0 Å². The summed E-state index contributed by atoms with van der Waals surface area (Å²) >= 11 is 1.63. The van der Waals surface area contributed by atoms with E-state index in [1.165, 1.54) is 0 Å². The van der Waals surface area contributed by atoms with Crippen LogP contribution in [0, 0.1) is 11.3 Å². The Morgan fingerprint density at radius 3 is 2.66 bits per heavy atom. The van der Waals surface area contributed by atoms with Crippen LogP contribution < -0.4 is 5.32 Å². The van der Waals surface area contributed by atoms with E-state index < -0.39 is 5.54 Å². The molecule has 160 valence electrons. The zero-order valence-electron chi connectivity index (χ0n) is 17.8. The fourth-order valence-corrected chi connectivity index (χ4v) is 5.71. The number of carbonyl (C=O) groups is 1. The Kier molecular flexibility index (Phi) is 5.50. The predicted octanol–water partition coefficient (Wildman–Crippen LogP) is 5.88. The molecule has 6 heteroatoms. The van der Waals surface area contributed by atoms with Crippen molar-refractivity contribution in [3.05, 3.63) is 76.7 Å². The second kappa shape index (κ2) is 8.60. The summed E-state index contributed by atoms with van der Waals surface area (Å²) in [6.07, 6.45) is 6.54. The molecule has 0 aliphatic heterocycles. The zero-order valence-corrected chi connectivity index (χ0v) is 18.6. The van der Waals surface area contributed by atoms with Crippen molar-refractivity contribution in [2.75, 3.05) is 0 Å². The minimum atomic E-state index is -0.408. The number of nitrogens with zero attached hydrogens (tertiary/aromatic N) is 3. The number of rotatable bonds is 6. The topological polar surface area (TPSA) is 70.7 Å². The van der Waals surface area contributed by atoms with Gasteiger partial charge in [-0.25, -0.2) is 4.98 Å². The molecule has 1 aliphatic carbocycles. The van der Waals surface area contributed by atoms with Gasteiger partial charge in [-0.3, -0.25) is 4.79 Å². The summed E-state index contributed by atoms with van der Waals surface area (Å²) < 4.78 is 2.13. The van der Waals surface area contributed by atoms with Crippen LogP contribution in [0.15, 0.2) is 66.2 Å². The molecule has 32 heavy (non-hydrogen) atoms. The predicted molar refractivity (Wildman–Crippen MR) is 127 cm³/mol. The molecule has 5 rings (SSSR count). The van der Waals surface area contributed by atoms with Gasteiger partial charge in [-0.1, -0.05) is 49.2 Å². The van der Waals surface area contributed by atoms with Crippen LogP contribution in [0.1, 0.15) is 47.5 Å². The molecule has 1 aliphatic rings. The van der Waals surface area contributed by atoms with Gasteiger partial charge < -0.3 is 9.88 Å². The molecule has 4 aromatic rings. The number of benzene rings is 2. The number of fused-ring (bicyclic) bond motifs is 1. The first-order chi connectivity index (χ1) is 15.7. The van der Waals surface area contributed by atoms with Gasteiger partial charge in [-0.15, -0.1) is 11.3 Å². The van der Waals surface area contributed by atoms with Gasteiger partial charge in [-0.2, -0.15) is 5.26 Å². The second-order valence-electron chi connectivity index (χ2n) is 8.31. The zero-order chi connectivity index (χ0) is 22.0. The molecule has 0 unspecified atom stereocenters. The Hall–Kier alpha value is -3.43. The maximum Gasteiger partial charge on any atom is 0.252 e. The molecule has 0 radical (unpaired) electrons. The molecule has 0 atom stereocenters. The van der Waals surface area contributed by atoms with Crippen molar-refractivity contribution < 1.29 is 4.79 Å². The molecule has 0 bridgehead atoms. The summed E-state index contributed by atoms with van der Waals surface area (Å²) in [5.41, 5.74) is 3.38. The van der Waals surface area contributed by atoms with Crippen LogP contribution in [0.4, 0.5) is 0 Å². The number of hydrogen-bond acceptors (Lipinski definition) is 4. The van der Waals surface area contributed by atoms with Gasteiger partial charge in [0, 0.05) is 40.2 Å². The highest BCUT2D eigenvalue weighted by molar-refractivity contribution is 7.10. The summed E-state index contributed by atoms with van der Waals surface area (Å²) in [5.74, 6) is -0.0441. The third-order valence-electron chi connectivity index (χ3n) is 6.29. The van der Waals surface area contributed by atoms with E-state index in [1.807, 2.05) is 42.5 Å². The van der Waals surface area contributed by atoms with Gasteiger partial charge >= 0.3 is 0 Å². The molecule has 1 saturated carbocycles. The second-order valence-corrected chi connectivity index (χ2v) is 9.17. The average Bonchev–Trinajstić information content (AvgIpc) is 3.57. The van der Waals surface area contributed by atoms with E-state index in [-0.39, 0.29) is 5.91 Å². The lowest BCUT2D eigenvalue weighted by atomic mass is 9.97. The van der Waals surface area contributed by atoms with Gasteiger partial charge in [0.15, 0.2) is 0 Å². The van der Waals surface area contributed by atoms with E-state index in [0.29, 0.717) is 18.5 Å². The van der Waals surface area contributed by atoms with Crippen molar-refractivity contribution in [3.8, 4) is 17.3 Å². The fourth-order valence-electron chi connectivity index (χ4n) is 4.67. The third-order valence-corrected chi connectivity index (χ3v) is 7.33. The molecular formula is C26H24N4OS. The van der Waals surface area contributed by atoms with E-state index in [9.17, 15) is 4.79 Å². The highest BCUT2D eigenvalue weighted by atomic mass is 32.1. The lowest BCUT2D eigenvalue weighted by Crippen LogP contribution is -2.43. The van der Waals surface area contributed by atoms with Crippen molar-refractivity contribution in [3.63, 3.8) is 0 Å². The molecule has 5 nitrogen and oxygen atoms in total. The van der Waals surface area contributed by atoms with Gasteiger partial charge in [0.1, 0.15) is 5.01 Å². The summed E-state index contributed by atoms with van der Waals surface area (Å²) in [6.45, 7) is 0.658. The monoisotopic (exact) mass is 440 g/mol. The molecule has 0 spiro atoms. The Balaban J connectivity index is 1.50. The Morgan fingerprint density at radius 1 is 1.12 bits per heavy atom. The van der Waals surface area contributed by atoms with E-state index in [4.69, 9.17) is 10.2 Å². The van der Waals surface area contributed by atoms with E-state index in [1.54, 1.807) is 11.3 Å². The molecule has 2 aromatic carbocycles. The summed E-state index contributed by atoms with van der Waals surface area (Å²) in [4.78, 5) is 18.0. The Bertz CT molecular complexity index is 1290. The molecule has 1 N–H and O–H groups in total. The van der Waals surface area contributed by atoms with Crippen LogP contribution in [-0.4, -0.2) is 15.5 Å². The first kappa shape index (κ1) is 20.5. The smallest absolute Gasteiger partial charge is 0.252 e. The van der Waals surface area contributed by atoms with Crippen molar-refractivity contribution >= 4 is 28.1 Å². The Labute approximate surface area is 191 Å². The van der Waals surface area contributed by atoms with Crippen LogP contribution in [0.5, 0.6) is 0 Å². The maximum atomic E-state index is 13.0. The molecule has 1 amide bonds. The van der Waals surface area contributed by atoms with Gasteiger partial charge in [-0.05, 0) is 31.0 Å². The summed E-state index contributed by atoms with van der Waals surface area (Å²) in [7, 11) is 0. The SMILES string of the molecule is N#CCCn1cc(-c2csc(C3(NC(=O)c4ccccc4)CCCC3)n2)c2ccccc21. The normalized spacial score (nSPS) is 15.0. The quantitative estimate of drug-likeness (QED) is 0.407. The number of aromatic nitrogens is 2. The molecule has 1 fully saturated rings. The van der Waals surface area contributed by atoms with Crippen molar-refractivity contribution in [2.24, 2.45) is 0 Å². The standard InChI is InChI=1S/C26H24N4OS/c27-15-8-16-30-17-21(20-11-4-5-12-23(20)30)22-18-32-25(28-22)26(13-6-7-14-26)29-24(31)19-9-2-1-3-10-19/h1-5,9-12,17-18H,6-8,13-14,16H2,(H,29,31). The largest absolute Gasteiger partial charge is 0.346 e. The van der Waals surface area contributed by atoms with Gasteiger partial charge in [0.05, 0.1) is 23.7 Å². The number of amides is 1. The van der Waals surface area contributed by atoms with Crippen LogP contribution in [-0.2, 0) is 12.1 Å². The minimum absolute atomic E-state index is 0.0441. The van der Waals surface area contributed by atoms with Crippen molar-refractivity contribution in [1.82, 2.24) is 14.9 Å². The molecule has 2 heterocycles. The number of thiazole rings is 1. The maximum absolute atomic E-state index is 13.0. The van der Waals surface area contributed by atoms with Crippen molar-refractivity contribution in [2.45, 2.75) is 44.2 Å². The highest BCUT2D eigenvalue weighted by Crippen LogP contribution is 2.42. The highest BCUT2D eigenvalue weighted by Gasteiger charge is 2.40. The van der Waals surface area contributed by atoms with Crippen LogP contribution in [0.3, 0.4) is 0 Å². The molecule has 2 aromatic heterocycles. The lowest BCUT2D eigenvalue weighted by Gasteiger charge is -2.28. The number of nitriles is 1. The van der Waals surface area contributed by atoms with Crippen LogP contribution in [0.2, 0.25) is 0 Å². The lowest BCUT2D eigenvalue weighted by molar-refractivity contribution is 0.0898. The number of nitrogens with one attached hydrogen (secondary N) is 1. The van der Waals surface area contributed by atoms with E-state index in [0.717, 1.165) is 52.9 Å². The fraction of sp³-hybridized carbons (Fsp3) is 0.269. The first-order valence-corrected chi connectivity index (χ1v) is 11.9. The van der Waals surface area contributed by atoms with Gasteiger partial charge in [0.2, 0.25) is 0 Å². The first-order valence-electron chi connectivity index (χ1n) is 11.0. The molecule has 0 saturated heterocycles. The van der Waals surface area contributed by atoms with Gasteiger partial charge in [0.25, 0.3) is 5.91 Å². The number of carbonyl (C=O) groups excluding carboxylic acids is 1. The minimum Gasteiger partial charge on any atom is -0.346 e. The number of para-hydroxylation sites is 1. The van der Waals surface area contributed by atoms with E-state index in [2.05, 4.69) is 39.7 Å². The van der Waals surface area contributed by atoms with Crippen LogP contribution >= 0.6 is 11.3 Å². The number of aryl methyl sites for hydroxylation is 1. The van der Waals surface area contributed by atoms with Crippen molar-refractivity contribution in [1.29, 1.82) is 5.26 Å². The van der Waals surface area contributed by atoms with Crippen LogP contribution in [0.25, 0.3) is 22.2 Å². The average molecular weight is 441 g/mol. The summed E-state index contributed by atoms with van der Waals surface area (Å²) in [5, 5.41) is 16.6. The molecular weight excluding hydrogens is 416 g/mol. The third kappa shape index (κ3) is 3.69. The number of hydrogen-bond donors (Lipinski definition) is 1. The summed E-state index contributed by atoms with van der Waals surface area (Å²) in [6, 6.07) is 19.9.